The van der Waals surface area contributed by atoms with Gasteiger partial charge in [-0.05, 0) is 25.7 Å². The number of nitrogens with zero attached hydrogens (tertiary/aromatic N) is 1. The van der Waals surface area contributed by atoms with Gasteiger partial charge in [0.05, 0.1) is 0 Å². The number of nitrogens with one attached hydrogen (secondary N) is 1. The van der Waals surface area contributed by atoms with Crippen molar-refractivity contribution in [3.05, 3.63) is 0 Å². The molecule has 114 valence electrons. The summed E-state index contributed by atoms with van der Waals surface area (Å²) >= 11 is 0. The maximum absolute atomic E-state index is 12.3. The van der Waals surface area contributed by atoms with Gasteiger partial charge < -0.3 is 5.11 Å². The van der Waals surface area contributed by atoms with Gasteiger partial charge in [-0.1, -0.05) is 27.7 Å². The van der Waals surface area contributed by atoms with Gasteiger partial charge in [0.25, 0.3) is 10.2 Å². The zero-order valence-corrected chi connectivity index (χ0v) is 13.1. The molecule has 0 aliphatic rings. The van der Waals surface area contributed by atoms with Crippen molar-refractivity contribution in [3.63, 3.8) is 0 Å². The number of rotatable bonds is 10. The van der Waals surface area contributed by atoms with Crippen LogP contribution in [0.3, 0.4) is 0 Å². The van der Waals surface area contributed by atoms with Gasteiger partial charge in [0, 0.05) is 13.1 Å². The minimum Gasteiger partial charge on any atom is -0.480 e. The molecule has 2 N–H and O–H groups in total. The number of carboxylic acid groups (broad SMARTS) is 1. The van der Waals surface area contributed by atoms with Crippen molar-refractivity contribution in [1.29, 1.82) is 0 Å². The largest absolute Gasteiger partial charge is 0.480 e. The topological polar surface area (TPSA) is 86.7 Å². The molecule has 0 radical (unpaired) electrons. The van der Waals surface area contributed by atoms with Gasteiger partial charge in [0.2, 0.25) is 0 Å². The van der Waals surface area contributed by atoms with Crippen LogP contribution in [-0.2, 0) is 15.0 Å². The highest BCUT2D eigenvalue weighted by Crippen LogP contribution is 2.18. The lowest BCUT2D eigenvalue weighted by molar-refractivity contribution is -0.144. The Morgan fingerprint density at radius 2 is 1.53 bits per heavy atom. The first-order valence-electron chi connectivity index (χ1n) is 6.82. The van der Waals surface area contributed by atoms with Crippen LogP contribution in [0.4, 0.5) is 0 Å². The van der Waals surface area contributed by atoms with Crippen LogP contribution in [0, 0.1) is 0 Å². The summed E-state index contributed by atoms with van der Waals surface area (Å²) in [6.45, 7) is 7.91. The second-order valence-electron chi connectivity index (χ2n) is 4.60. The van der Waals surface area contributed by atoms with E-state index in [9.17, 15) is 18.3 Å². The summed E-state index contributed by atoms with van der Waals surface area (Å²) in [5, 5.41) is 9.28. The quantitative estimate of drug-likeness (QED) is 0.640. The fourth-order valence-corrected chi connectivity index (χ4v) is 3.75. The van der Waals surface area contributed by atoms with Crippen molar-refractivity contribution in [2.45, 2.75) is 58.9 Å². The third-order valence-electron chi connectivity index (χ3n) is 3.23. The Hall–Kier alpha value is -0.660. The van der Waals surface area contributed by atoms with Crippen molar-refractivity contribution in [2.75, 3.05) is 13.1 Å². The predicted molar refractivity (Wildman–Crippen MR) is 75.2 cm³/mol. The monoisotopic (exact) mass is 294 g/mol. The fraction of sp³-hybridized carbons (Fsp3) is 0.917. The summed E-state index contributed by atoms with van der Waals surface area (Å²) < 4.78 is 28.3. The first kappa shape index (κ1) is 18.3. The highest BCUT2D eigenvalue weighted by Gasteiger charge is 2.40. The van der Waals surface area contributed by atoms with E-state index in [1.54, 1.807) is 13.8 Å². The molecule has 19 heavy (non-hydrogen) atoms. The maximum atomic E-state index is 12.3. The van der Waals surface area contributed by atoms with E-state index >= 15 is 0 Å². The highest BCUT2D eigenvalue weighted by atomic mass is 32.2. The van der Waals surface area contributed by atoms with Crippen molar-refractivity contribution >= 4 is 16.2 Å². The van der Waals surface area contributed by atoms with E-state index in [1.165, 1.54) is 4.31 Å². The summed E-state index contributed by atoms with van der Waals surface area (Å²) in [6, 6.07) is 0. The molecule has 0 spiro atoms. The fourth-order valence-electron chi connectivity index (χ4n) is 1.90. The number of carbonyl (C=O) groups is 1. The van der Waals surface area contributed by atoms with E-state index in [-0.39, 0.29) is 12.8 Å². The standard InChI is InChI=1S/C12H26N2O4S/c1-5-9-14(10-6-2)19(17,18)13-12(7-3,8-4)11(15)16/h13H,5-10H2,1-4H3,(H,15,16). The molecule has 0 aliphatic heterocycles. The summed E-state index contributed by atoms with van der Waals surface area (Å²) in [7, 11) is -3.77. The number of aliphatic carboxylic acids is 1. The molecule has 0 unspecified atom stereocenters. The zero-order chi connectivity index (χ0) is 15.1. The smallest absolute Gasteiger partial charge is 0.324 e. The second-order valence-corrected chi connectivity index (χ2v) is 6.27. The first-order chi connectivity index (χ1) is 8.79. The van der Waals surface area contributed by atoms with Gasteiger partial charge in [-0.3, -0.25) is 4.79 Å². The third-order valence-corrected chi connectivity index (χ3v) is 4.92. The molecule has 0 saturated carbocycles. The highest BCUT2D eigenvalue weighted by molar-refractivity contribution is 7.87. The Morgan fingerprint density at radius 3 is 1.79 bits per heavy atom. The van der Waals surface area contributed by atoms with E-state index in [0.717, 1.165) is 0 Å². The Labute approximate surface area is 116 Å². The van der Waals surface area contributed by atoms with Crippen LogP contribution in [0.1, 0.15) is 53.4 Å². The lowest BCUT2D eigenvalue weighted by Gasteiger charge is -2.31. The molecule has 0 aromatic carbocycles. The summed E-state index contributed by atoms with van der Waals surface area (Å²) in [4.78, 5) is 11.4. The Kier molecular flexibility index (Phi) is 7.54. The van der Waals surface area contributed by atoms with Crippen LogP contribution in [-0.4, -0.2) is 42.4 Å². The van der Waals surface area contributed by atoms with Crippen LogP contribution in [0.25, 0.3) is 0 Å². The molecule has 0 rings (SSSR count). The van der Waals surface area contributed by atoms with Gasteiger partial charge in [0.15, 0.2) is 0 Å². The number of carboxylic acids is 1. The molecular formula is C12H26N2O4S. The third kappa shape index (κ3) is 4.74. The predicted octanol–water partition coefficient (Wildman–Crippen LogP) is 1.59. The second kappa shape index (κ2) is 7.81. The van der Waals surface area contributed by atoms with E-state index in [0.29, 0.717) is 25.9 Å². The summed E-state index contributed by atoms with van der Waals surface area (Å²) in [5.41, 5.74) is -1.42. The molecule has 0 aliphatic carbocycles. The molecule has 0 bridgehead atoms. The lowest BCUT2D eigenvalue weighted by atomic mass is 9.95. The van der Waals surface area contributed by atoms with Gasteiger partial charge in [-0.25, -0.2) is 0 Å². The van der Waals surface area contributed by atoms with Gasteiger partial charge in [0.1, 0.15) is 5.54 Å². The average molecular weight is 294 g/mol. The molecule has 0 aromatic rings. The molecular weight excluding hydrogens is 268 g/mol. The summed E-state index contributed by atoms with van der Waals surface area (Å²) in [5.74, 6) is -1.13. The maximum Gasteiger partial charge on any atom is 0.324 e. The van der Waals surface area contributed by atoms with E-state index < -0.39 is 21.7 Å². The zero-order valence-electron chi connectivity index (χ0n) is 12.3. The van der Waals surface area contributed by atoms with Crippen molar-refractivity contribution in [1.82, 2.24) is 9.03 Å². The Bertz CT molecular complexity index is 371. The average Bonchev–Trinajstić information content (AvgIpc) is 2.35. The Balaban J connectivity index is 5.23. The number of hydrogen-bond acceptors (Lipinski definition) is 3. The molecule has 7 heteroatoms. The van der Waals surface area contributed by atoms with Gasteiger partial charge in [-0.2, -0.15) is 17.4 Å². The van der Waals surface area contributed by atoms with E-state index in [2.05, 4.69) is 4.72 Å². The van der Waals surface area contributed by atoms with Crippen LogP contribution < -0.4 is 4.72 Å². The van der Waals surface area contributed by atoms with Crippen LogP contribution in [0.15, 0.2) is 0 Å². The van der Waals surface area contributed by atoms with Crippen molar-refractivity contribution in [3.8, 4) is 0 Å². The Morgan fingerprint density at radius 1 is 1.11 bits per heavy atom. The normalized spacial score (nSPS) is 12.9. The SMILES string of the molecule is CCCN(CCC)S(=O)(=O)NC(CC)(CC)C(=O)O. The molecule has 0 aromatic heterocycles. The molecule has 0 atom stereocenters. The van der Waals surface area contributed by atoms with Gasteiger partial charge >= 0.3 is 5.97 Å². The first-order valence-corrected chi connectivity index (χ1v) is 8.26. The minimum absolute atomic E-state index is 0.212. The van der Waals surface area contributed by atoms with Crippen LogP contribution in [0.2, 0.25) is 0 Å². The lowest BCUT2D eigenvalue weighted by Crippen LogP contribution is -2.57. The molecule has 6 nitrogen and oxygen atoms in total. The van der Waals surface area contributed by atoms with Crippen LogP contribution in [0.5, 0.6) is 0 Å². The van der Waals surface area contributed by atoms with Crippen molar-refractivity contribution in [2.24, 2.45) is 0 Å². The van der Waals surface area contributed by atoms with Crippen molar-refractivity contribution < 1.29 is 18.3 Å². The van der Waals surface area contributed by atoms with E-state index in [4.69, 9.17) is 0 Å². The molecule has 0 heterocycles. The summed E-state index contributed by atoms with van der Waals surface area (Å²) in [6.07, 6.45) is 1.81. The molecule has 0 amide bonds. The van der Waals surface area contributed by atoms with E-state index in [1.807, 2.05) is 13.8 Å². The molecule has 0 fully saturated rings. The molecule has 0 saturated heterocycles. The van der Waals surface area contributed by atoms with Crippen LogP contribution >= 0.6 is 0 Å². The van der Waals surface area contributed by atoms with Gasteiger partial charge in [-0.15, -0.1) is 0 Å². The minimum atomic E-state index is -3.77. The number of hydrogen-bond donors (Lipinski definition) is 2.